The van der Waals surface area contributed by atoms with Crippen LogP contribution in [-0.4, -0.2) is 39.0 Å². The second-order valence-corrected chi connectivity index (χ2v) is 4.65. The summed E-state index contributed by atoms with van der Waals surface area (Å²) in [6, 6.07) is 0. The Bertz CT molecular complexity index is 382. The molecule has 1 fully saturated rings. The first-order chi connectivity index (χ1) is 7.13. The van der Waals surface area contributed by atoms with E-state index in [1.54, 1.807) is 10.9 Å². The van der Waals surface area contributed by atoms with Crippen LogP contribution in [0.4, 0.5) is 0 Å². The molecule has 15 heavy (non-hydrogen) atoms. The molecule has 0 unspecified atom stereocenters. The Balaban J connectivity index is 2.07. The van der Waals surface area contributed by atoms with Gasteiger partial charge in [-0.2, -0.15) is 5.10 Å². The van der Waals surface area contributed by atoms with Gasteiger partial charge in [-0.3, -0.25) is 9.48 Å². The van der Waals surface area contributed by atoms with Crippen LogP contribution in [0.15, 0.2) is 6.20 Å². The van der Waals surface area contributed by atoms with Crippen molar-refractivity contribution in [3.8, 4) is 0 Å². The molecule has 2 heterocycles. The number of carbonyl (C=O) groups excluding carboxylic acids is 1. The van der Waals surface area contributed by atoms with Crippen molar-refractivity contribution in [2.75, 3.05) is 18.4 Å². The van der Waals surface area contributed by atoms with E-state index >= 15 is 0 Å². The number of carbonyl (C=O) groups is 1. The zero-order valence-corrected chi connectivity index (χ0v) is 10.5. The van der Waals surface area contributed by atoms with E-state index in [1.807, 2.05) is 18.9 Å². The zero-order valence-electron chi connectivity index (χ0n) is 8.90. The molecule has 82 valence electrons. The summed E-state index contributed by atoms with van der Waals surface area (Å²) in [7, 11) is 1.85. The standard InChI is InChI=1S/C10H14BrN3O/c1-7-9(4-12-13(7)2)10(15)14-5-8(3-11)6-14/h4,8H,3,5-6H2,1-2H3. The Morgan fingerprint density at radius 1 is 1.67 bits per heavy atom. The molecule has 1 aromatic heterocycles. The summed E-state index contributed by atoms with van der Waals surface area (Å²) in [6.45, 7) is 3.64. The van der Waals surface area contributed by atoms with Gasteiger partial charge < -0.3 is 4.90 Å². The van der Waals surface area contributed by atoms with Gasteiger partial charge in [-0.05, 0) is 6.92 Å². The Kier molecular flexibility index (Phi) is 2.82. The summed E-state index contributed by atoms with van der Waals surface area (Å²) in [5.74, 6) is 0.726. The topological polar surface area (TPSA) is 38.1 Å². The van der Waals surface area contributed by atoms with Gasteiger partial charge in [0.1, 0.15) is 0 Å². The van der Waals surface area contributed by atoms with Crippen LogP contribution in [0, 0.1) is 12.8 Å². The van der Waals surface area contributed by atoms with Gasteiger partial charge in [0.25, 0.3) is 5.91 Å². The third-order valence-corrected chi connectivity index (χ3v) is 3.84. The molecular formula is C10H14BrN3O. The monoisotopic (exact) mass is 271 g/mol. The molecule has 0 spiro atoms. The molecule has 1 amide bonds. The van der Waals surface area contributed by atoms with Gasteiger partial charge in [-0.15, -0.1) is 0 Å². The molecule has 0 atom stereocenters. The average molecular weight is 272 g/mol. The lowest BCUT2D eigenvalue weighted by molar-refractivity contribution is 0.0538. The van der Waals surface area contributed by atoms with E-state index < -0.39 is 0 Å². The van der Waals surface area contributed by atoms with E-state index in [1.165, 1.54) is 0 Å². The van der Waals surface area contributed by atoms with E-state index in [4.69, 9.17) is 0 Å². The van der Waals surface area contributed by atoms with Crippen LogP contribution in [-0.2, 0) is 7.05 Å². The highest BCUT2D eigenvalue weighted by atomic mass is 79.9. The molecule has 0 saturated carbocycles. The van der Waals surface area contributed by atoms with Crippen molar-refractivity contribution in [3.63, 3.8) is 0 Å². The molecule has 0 radical (unpaired) electrons. The SMILES string of the molecule is Cc1c(C(=O)N2CC(CBr)C2)cnn1C. The molecule has 0 bridgehead atoms. The molecule has 1 aliphatic heterocycles. The van der Waals surface area contributed by atoms with Gasteiger partial charge in [-0.1, -0.05) is 15.9 Å². The number of hydrogen-bond acceptors (Lipinski definition) is 2. The van der Waals surface area contributed by atoms with Crippen LogP contribution in [0.2, 0.25) is 0 Å². The summed E-state index contributed by atoms with van der Waals surface area (Å²) < 4.78 is 1.73. The van der Waals surface area contributed by atoms with Crippen molar-refractivity contribution in [1.29, 1.82) is 0 Å². The Hall–Kier alpha value is -0.840. The number of likely N-dealkylation sites (tertiary alicyclic amines) is 1. The highest BCUT2D eigenvalue weighted by Gasteiger charge is 2.31. The van der Waals surface area contributed by atoms with Gasteiger partial charge in [-0.25, -0.2) is 0 Å². The summed E-state index contributed by atoms with van der Waals surface area (Å²) in [5, 5.41) is 5.05. The van der Waals surface area contributed by atoms with Crippen molar-refractivity contribution >= 4 is 21.8 Å². The lowest BCUT2D eigenvalue weighted by Crippen LogP contribution is -2.50. The summed E-state index contributed by atoms with van der Waals surface area (Å²) in [5.41, 5.74) is 1.66. The molecule has 4 nitrogen and oxygen atoms in total. The first-order valence-electron chi connectivity index (χ1n) is 4.97. The fraction of sp³-hybridized carbons (Fsp3) is 0.600. The van der Waals surface area contributed by atoms with Crippen LogP contribution in [0.1, 0.15) is 16.1 Å². The van der Waals surface area contributed by atoms with Crippen LogP contribution in [0.3, 0.4) is 0 Å². The third-order valence-electron chi connectivity index (χ3n) is 2.93. The van der Waals surface area contributed by atoms with Gasteiger partial charge in [0.05, 0.1) is 11.8 Å². The van der Waals surface area contributed by atoms with E-state index in [2.05, 4.69) is 21.0 Å². The minimum Gasteiger partial charge on any atom is -0.338 e. The molecule has 0 aliphatic carbocycles. The highest BCUT2D eigenvalue weighted by Crippen LogP contribution is 2.21. The third kappa shape index (κ3) is 1.80. The maximum absolute atomic E-state index is 12.0. The van der Waals surface area contributed by atoms with E-state index in [9.17, 15) is 4.79 Å². The number of halogens is 1. The molecule has 1 saturated heterocycles. The largest absolute Gasteiger partial charge is 0.338 e. The Labute approximate surface area is 97.4 Å². The molecule has 1 aliphatic rings. The first kappa shape index (κ1) is 10.7. The number of alkyl halides is 1. The molecular weight excluding hydrogens is 258 g/mol. The van der Waals surface area contributed by atoms with E-state index in [0.717, 1.165) is 29.7 Å². The number of hydrogen-bond donors (Lipinski definition) is 0. The zero-order chi connectivity index (χ0) is 11.0. The first-order valence-corrected chi connectivity index (χ1v) is 6.09. The van der Waals surface area contributed by atoms with Gasteiger partial charge in [0, 0.05) is 37.1 Å². The smallest absolute Gasteiger partial charge is 0.257 e. The highest BCUT2D eigenvalue weighted by molar-refractivity contribution is 9.09. The van der Waals surface area contributed by atoms with Crippen molar-refractivity contribution in [1.82, 2.24) is 14.7 Å². The molecule has 0 aromatic carbocycles. The molecule has 1 aromatic rings. The number of rotatable bonds is 2. The maximum atomic E-state index is 12.0. The van der Waals surface area contributed by atoms with E-state index in [0.29, 0.717) is 5.92 Å². The fourth-order valence-electron chi connectivity index (χ4n) is 1.71. The van der Waals surface area contributed by atoms with Crippen LogP contribution < -0.4 is 0 Å². The molecule has 2 rings (SSSR count). The lowest BCUT2D eigenvalue weighted by atomic mass is 10.0. The average Bonchev–Trinajstić information content (AvgIpc) is 2.46. The summed E-state index contributed by atoms with van der Waals surface area (Å²) in [6.07, 6.45) is 1.65. The number of nitrogens with zero attached hydrogens (tertiary/aromatic N) is 3. The van der Waals surface area contributed by atoms with Crippen molar-refractivity contribution in [2.45, 2.75) is 6.92 Å². The van der Waals surface area contributed by atoms with Crippen LogP contribution in [0.5, 0.6) is 0 Å². The minimum absolute atomic E-state index is 0.109. The lowest BCUT2D eigenvalue weighted by Gasteiger charge is -2.38. The normalized spacial score (nSPS) is 16.6. The van der Waals surface area contributed by atoms with Gasteiger partial charge in [0.2, 0.25) is 0 Å². The Morgan fingerprint density at radius 2 is 2.33 bits per heavy atom. The number of aryl methyl sites for hydroxylation is 1. The second-order valence-electron chi connectivity index (χ2n) is 4.00. The molecule has 0 N–H and O–H groups in total. The number of aromatic nitrogens is 2. The summed E-state index contributed by atoms with van der Waals surface area (Å²) in [4.78, 5) is 13.9. The summed E-state index contributed by atoms with van der Waals surface area (Å²) >= 11 is 3.42. The van der Waals surface area contributed by atoms with Gasteiger partial charge >= 0.3 is 0 Å². The maximum Gasteiger partial charge on any atom is 0.257 e. The number of amides is 1. The molecule has 5 heteroatoms. The van der Waals surface area contributed by atoms with E-state index in [-0.39, 0.29) is 5.91 Å². The van der Waals surface area contributed by atoms with Crippen molar-refractivity contribution in [3.05, 3.63) is 17.5 Å². The van der Waals surface area contributed by atoms with Crippen molar-refractivity contribution < 1.29 is 4.79 Å². The predicted octanol–water partition coefficient (Wildman–Crippen LogP) is 1.20. The van der Waals surface area contributed by atoms with Crippen LogP contribution >= 0.6 is 15.9 Å². The second kappa shape index (κ2) is 3.96. The van der Waals surface area contributed by atoms with Crippen molar-refractivity contribution in [2.24, 2.45) is 13.0 Å². The van der Waals surface area contributed by atoms with Gasteiger partial charge in [0.15, 0.2) is 0 Å². The predicted molar refractivity (Wildman–Crippen MR) is 61.1 cm³/mol. The van der Waals surface area contributed by atoms with Crippen LogP contribution in [0.25, 0.3) is 0 Å². The Morgan fingerprint density at radius 3 is 2.80 bits per heavy atom. The fourth-order valence-corrected chi connectivity index (χ4v) is 2.12. The minimum atomic E-state index is 0.109. The quantitative estimate of drug-likeness (QED) is 0.759.